The van der Waals surface area contributed by atoms with Gasteiger partial charge >= 0.3 is 0 Å². The number of ketones is 1. The number of hydrogen-bond acceptors (Lipinski definition) is 4. The Labute approximate surface area is 122 Å². The van der Waals surface area contributed by atoms with Gasteiger partial charge in [-0.05, 0) is 42.8 Å². The Bertz CT molecular complexity index is 745. The summed E-state index contributed by atoms with van der Waals surface area (Å²) in [5.41, 5.74) is 3.36. The molecule has 1 aliphatic rings. The Balaban J connectivity index is 2.19. The number of Topliss-reactive ketones (excluding diaryl/α,β-unsaturated/α-hetero) is 1. The lowest BCUT2D eigenvalue weighted by atomic mass is 10.0. The number of carbonyl (C=O) groups is 1. The van der Waals surface area contributed by atoms with Crippen LogP contribution in [0, 0.1) is 0 Å². The first-order valence-electron chi connectivity index (χ1n) is 6.77. The van der Waals surface area contributed by atoms with E-state index in [-0.39, 0.29) is 17.3 Å². The average Bonchev–Trinajstić information content (AvgIpc) is 2.73. The third kappa shape index (κ3) is 2.14. The summed E-state index contributed by atoms with van der Waals surface area (Å²) in [5.74, 6) is 0.109. The predicted molar refractivity (Wildman–Crippen MR) is 81.0 cm³/mol. The van der Waals surface area contributed by atoms with Crippen molar-refractivity contribution in [2.45, 2.75) is 6.92 Å². The summed E-state index contributed by atoms with van der Waals surface area (Å²) >= 11 is 0. The molecule has 4 heteroatoms. The molecule has 2 aromatic carbocycles. The highest BCUT2D eigenvalue weighted by Crippen LogP contribution is 2.38. The van der Waals surface area contributed by atoms with E-state index in [4.69, 9.17) is 0 Å². The molecule has 0 saturated heterocycles. The van der Waals surface area contributed by atoms with Crippen LogP contribution < -0.4 is 5.32 Å². The number of allylic oxidation sites excluding steroid dienone is 1. The predicted octanol–water partition coefficient (Wildman–Crippen LogP) is 2.77. The lowest BCUT2D eigenvalue weighted by Gasteiger charge is -2.09. The molecule has 4 nitrogen and oxygen atoms in total. The van der Waals surface area contributed by atoms with Crippen LogP contribution in [0.2, 0.25) is 0 Å². The summed E-state index contributed by atoms with van der Waals surface area (Å²) in [6, 6.07) is 11.3. The highest BCUT2D eigenvalue weighted by atomic mass is 16.3. The molecule has 0 fully saturated rings. The topological polar surface area (TPSA) is 69.6 Å². The minimum atomic E-state index is -0.123. The van der Waals surface area contributed by atoms with E-state index in [2.05, 4.69) is 5.32 Å². The van der Waals surface area contributed by atoms with Gasteiger partial charge in [0.25, 0.3) is 0 Å². The van der Waals surface area contributed by atoms with E-state index in [1.807, 2.05) is 6.92 Å². The third-order valence-electron chi connectivity index (χ3n) is 3.50. The van der Waals surface area contributed by atoms with E-state index in [1.54, 1.807) is 36.4 Å². The van der Waals surface area contributed by atoms with Gasteiger partial charge in [-0.3, -0.25) is 4.79 Å². The van der Waals surface area contributed by atoms with Gasteiger partial charge in [0.2, 0.25) is 0 Å². The van der Waals surface area contributed by atoms with E-state index >= 15 is 0 Å². The molecule has 21 heavy (non-hydrogen) atoms. The third-order valence-corrected chi connectivity index (χ3v) is 3.50. The number of phenols is 2. The van der Waals surface area contributed by atoms with Gasteiger partial charge in [-0.25, -0.2) is 0 Å². The van der Waals surface area contributed by atoms with Crippen LogP contribution in [-0.4, -0.2) is 22.5 Å². The highest BCUT2D eigenvalue weighted by molar-refractivity contribution is 6.39. The molecule has 0 amide bonds. The first-order chi connectivity index (χ1) is 10.1. The van der Waals surface area contributed by atoms with Crippen LogP contribution in [0.5, 0.6) is 11.5 Å². The molecule has 0 radical (unpaired) electrons. The van der Waals surface area contributed by atoms with Crippen LogP contribution in [0.1, 0.15) is 28.4 Å². The van der Waals surface area contributed by atoms with E-state index in [9.17, 15) is 15.0 Å². The Kier molecular flexibility index (Phi) is 3.14. The van der Waals surface area contributed by atoms with Crippen molar-refractivity contribution in [2.24, 2.45) is 0 Å². The fourth-order valence-corrected chi connectivity index (χ4v) is 2.58. The number of benzene rings is 2. The smallest absolute Gasteiger partial charge is 0.196 e. The first kappa shape index (κ1) is 13.2. The molecular formula is C17H15NO3. The molecular weight excluding hydrogens is 266 g/mol. The summed E-state index contributed by atoms with van der Waals surface area (Å²) in [5, 5.41) is 22.2. The van der Waals surface area contributed by atoms with Crippen molar-refractivity contribution in [1.29, 1.82) is 0 Å². The van der Waals surface area contributed by atoms with Crippen molar-refractivity contribution in [1.82, 2.24) is 5.32 Å². The molecule has 3 N–H and O–H groups in total. The second-order valence-corrected chi connectivity index (χ2v) is 4.89. The van der Waals surface area contributed by atoms with E-state index in [0.29, 0.717) is 17.7 Å². The van der Waals surface area contributed by atoms with E-state index < -0.39 is 0 Å². The van der Waals surface area contributed by atoms with Crippen LogP contribution in [0.25, 0.3) is 11.3 Å². The van der Waals surface area contributed by atoms with Gasteiger partial charge in [0, 0.05) is 17.7 Å². The molecule has 0 aliphatic heterocycles. The van der Waals surface area contributed by atoms with Gasteiger partial charge in [0.1, 0.15) is 11.5 Å². The summed E-state index contributed by atoms with van der Waals surface area (Å²) in [7, 11) is 0. The van der Waals surface area contributed by atoms with Gasteiger partial charge in [-0.15, -0.1) is 0 Å². The summed E-state index contributed by atoms with van der Waals surface area (Å²) in [6.45, 7) is 2.65. The molecule has 0 heterocycles. The van der Waals surface area contributed by atoms with Gasteiger partial charge in [0.15, 0.2) is 5.78 Å². The molecule has 0 atom stereocenters. The summed E-state index contributed by atoms with van der Waals surface area (Å²) < 4.78 is 0. The van der Waals surface area contributed by atoms with Gasteiger partial charge in [-0.1, -0.05) is 12.1 Å². The van der Waals surface area contributed by atoms with Crippen molar-refractivity contribution in [3.8, 4) is 11.5 Å². The van der Waals surface area contributed by atoms with Crippen molar-refractivity contribution in [2.75, 3.05) is 6.54 Å². The monoisotopic (exact) mass is 281 g/mol. The standard InChI is InChI=1S/C17H15NO3/c1-2-18-16-13-8-7-12(20)9-14(13)17(21)15(16)10-3-5-11(19)6-4-10/h3-9,18-20H,2H2,1H3. The second kappa shape index (κ2) is 4.98. The molecule has 1 aliphatic carbocycles. The van der Waals surface area contributed by atoms with E-state index in [1.165, 1.54) is 6.07 Å². The molecule has 0 saturated carbocycles. The zero-order chi connectivity index (χ0) is 15.0. The van der Waals surface area contributed by atoms with Gasteiger partial charge in [0.05, 0.1) is 11.3 Å². The Morgan fingerprint density at radius 1 is 0.952 bits per heavy atom. The highest BCUT2D eigenvalue weighted by Gasteiger charge is 2.30. The molecule has 0 spiro atoms. The van der Waals surface area contributed by atoms with Crippen molar-refractivity contribution in [3.63, 3.8) is 0 Å². The quantitative estimate of drug-likeness (QED) is 0.809. The van der Waals surface area contributed by atoms with Crippen LogP contribution in [-0.2, 0) is 0 Å². The Morgan fingerprint density at radius 2 is 1.62 bits per heavy atom. The average molecular weight is 281 g/mol. The van der Waals surface area contributed by atoms with Crippen LogP contribution >= 0.6 is 0 Å². The number of aromatic hydroxyl groups is 2. The molecule has 2 aromatic rings. The minimum Gasteiger partial charge on any atom is -0.508 e. The van der Waals surface area contributed by atoms with Crippen molar-refractivity contribution >= 4 is 17.1 Å². The number of nitrogens with one attached hydrogen (secondary N) is 1. The maximum absolute atomic E-state index is 12.6. The summed E-state index contributed by atoms with van der Waals surface area (Å²) in [6.07, 6.45) is 0. The maximum atomic E-state index is 12.6. The van der Waals surface area contributed by atoms with Crippen molar-refractivity contribution in [3.05, 3.63) is 59.2 Å². The van der Waals surface area contributed by atoms with Crippen LogP contribution in [0.15, 0.2) is 42.5 Å². The first-order valence-corrected chi connectivity index (χ1v) is 6.77. The SMILES string of the molecule is CCNC1=C(c2ccc(O)cc2)C(=O)c2cc(O)ccc21. The number of carbonyl (C=O) groups excluding carboxylic acids is 1. The largest absolute Gasteiger partial charge is 0.508 e. The Morgan fingerprint density at radius 3 is 2.29 bits per heavy atom. The molecule has 3 rings (SSSR count). The lowest BCUT2D eigenvalue weighted by molar-refractivity contribution is 0.105. The molecule has 0 bridgehead atoms. The zero-order valence-electron chi connectivity index (χ0n) is 11.6. The maximum Gasteiger partial charge on any atom is 0.196 e. The van der Waals surface area contributed by atoms with Crippen LogP contribution in [0.4, 0.5) is 0 Å². The summed E-state index contributed by atoms with van der Waals surface area (Å²) in [4.78, 5) is 12.6. The van der Waals surface area contributed by atoms with Crippen LogP contribution in [0.3, 0.4) is 0 Å². The molecule has 106 valence electrons. The van der Waals surface area contributed by atoms with Gasteiger partial charge in [-0.2, -0.15) is 0 Å². The normalized spacial score (nSPS) is 13.5. The molecule has 0 unspecified atom stereocenters. The second-order valence-electron chi connectivity index (χ2n) is 4.89. The fourth-order valence-electron chi connectivity index (χ4n) is 2.58. The number of fused-ring (bicyclic) bond motifs is 1. The lowest BCUT2D eigenvalue weighted by Crippen LogP contribution is -2.11. The minimum absolute atomic E-state index is 0.0740. The molecule has 0 aromatic heterocycles. The zero-order valence-corrected chi connectivity index (χ0v) is 11.6. The van der Waals surface area contributed by atoms with E-state index in [0.717, 1.165) is 16.8 Å². The number of hydrogen-bond donors (Lipinski definition) is 3. The van der Waals surface area contributed by atoms with Crippen molar-refractivity contribution < 1.29 is 15.0 Å². The number of phenolic OH excluding ortho intramolecular Hbond substituents is 2. The fraction of sp³-hybridized carbons (Fsp3) is 0.118. The van der Waals surface area contributed by atoms with Gasteiger partial charge < -0.3 is 15.5 Å². The number of rotatable bonds is 3. The Hall–Kier alpha value is -2.75.